The fourth-order valence-electron chi connectivity index (χ4n) is 4.36. The maximum atomic E-state index is 12.8. The standard InChI is InChI=1S/C22H32N6O2/c1-3-25(2)21-7-6-17(12-23-21)14-26-9-4-5-18(15-26)28-22(30)11-19(13-24-28)27-10-8-20(29)16-27/h6-7,11-13,18,20,29H,3-5,8-10,14-16H2,1-2H3/t18-,20+/m1/s1. The van der Waals surface area contributed by atoms with Crippen LogP contribution in [0.1, 0.15) is 37.8 Å². The summed E-state index contributed by atoms with van der Waals surface area (Å²) < 4.78 is 1.64. The normalized spacial score (nSPS) is 22.4. The number of piperidine rings is 1. The van der Waals surface area contributed by atoms with Gasteiger partial charge in [0.15, 0.2) is 0 Å². The first kappa shape index (κ1) is 20.8. The number of pyridine rings is 1. The molecule has 0 radical (unpaired) electrons. The first-order valence-corrected chi connectivity index (χ1v) is 10.9. The van der Waals surface area contributed by atoms with Gasteiger partial charge in [-0.25, -0.2) is 9.67 Å². The third-order valence-electron chi connectivity index (χ3n) is 6.25. The van der Waals surface area contributed by atoms with Gasteiger partial charge < -0.3 is 14.9 Å². The molecule has 0 aliphatic carbocycles. The molecule has 2 aliphatic heterocycles. The summed E-state index contributed by atoms with van der Waals surface area (Å²) in [4.78, 5) is 23.8. The number of aliphatic hydroxyl groups excluding tert-OH is 1. The lowest BCUT2D eigenvalue weighted by atomic mass is 10.1. The average molecular weight is 413 g/mol. The van der Waals surface area contributed by atoms with Crippen molar-refractivity contribution in [1.82, 2.24) is 19.7 Å². The van der Waals surface area contributed by atoms with E-state index in [1.54, 1.807) is 16.9 Å². The van der Waals surface area contributed by atoms with E-state index in [-0.39, 0.29) is 17.7 Å². The largest absolute Gasteiger partial charge is 0.391 e. The molecule has 0 aromatic carbocycles. The van der Waals surface area contributed by atoms with Gasteiger partial charge in [-0.05, 0) is 44.4 Å². The minimum absolute atomic E-state index is 0.0608. The van der Waals surface area contributed by atoms with Crippen molar-refractivity contribution >= 4 is 11.5 Å². The fraction of sp³-hybridized carbons (Fsp3) is 0.591. The Kier molecular flexibility index (Phi) is 6.34. The minimum Gasteiger partial charge on any atom is -0.391 e. The summed E-state index contributed by atoms with van der Waals surface area (Å²) in [6, 6.07) is 5.96. The molecule has 0 bridgehead atoms. The molecule has 2 atom stereocenters. The second-order valence-corrected chi connectivity index (χ2v) is 8.46. The van der Waals surface area contributed by atoms with E-state index in [1.165, 1.54) is 5.56 Å². The Balaban J connectivity index is 1.40. The molecule has 2 aromatic heterocycles. The van der Waals surface area contributed by atoms with E-state index in [0.29, 0.717) is 6.54 Å². The molecular weight excluding hydrogens is 380 g/mol. The zero-order valence-corrected chi connectivity index (χ0v) is 17.9. The number of anilines is 2. The van der Waals surface area contributed by atoms with Crippen LogP contribution in [-0.4, -0.2) is 70.6 Å². The molecule has 0 amide bonds. The zero-order chi connectivity index (χ0) is 21.1. The van der Waals surface area contributed by atoms with Crippen LogP contribution >= 0.6 is 0 Å². The van der Waals surface area contributed by atoms with Gasteiger partial charge in [0.2, 0.25) is 0 Å². The zero-order valence-electron chi connectivity index (χ0n) is 17.9. The molecule has 2 aliphatic rings. The molecule has 4 rings (SSSR count). The Bertz CT molecular complexity index is 899. The van der Waals surface area contributed by atoms with E-state index in [0.717, 1.165) is 63.5 Å². The minimum atomic E-state index is -0.315. The maximum Gasteiger partial charge on any atom is 0.269 e. The number of hydrogen-bond donors (Lipinski definition) is 1. The van der Waals surface area contributed by atoms with Gasteiger partial charge in [-0.15, -0.1) is 0 Å². The topological polar surface area (TPSA) is 77.7 Å². The lowest BCUT2D eigenvalue weighted by Crippen LogP contribution is -2.40. The van der Waals surface area contributed by atoms with Gasteiger partial charge >= 0.3 is 0 Å². The van der Waals surface area contributed by atoms with Crippen molar-refractivity contribution in [3.05, 3.63) is 46.5 Å². The van der Waals surface area contributed by atoms with Gasteiger partial charge in [0.1, 0.15) is 5.82 Å². The number of hydrogen-bond acceptors (Lipinski definition) is 7. The summed E-state index contributed by atoms with van der Waals surface area (Å²) in [5.41, 5.74) is 1.94. The van der Waals surface area contributed by atoms with Crippen LogP contribution < -0.4 is 15.4 Å². The summed E-state index contributed by atoms with van der Waals surface area (Å²) in [7, 11) is 2.04. The number of aliphatic hydroxyl groups is 1. The number of likely N-dealkylation sites (tertiary alicyclic amines) is 1. The monoisotopic (exact) mass is 412 g/mol. The molecule has 2 aromatic rings. The van der Waals surface area contributed by atoms with E-state index in [9.17, 15) is 9.90 Å². The molecule has 2 fully saturated rings. The van der Waals surface area contributed by atoms with Gasteiger partial charge in [0.05, 0.1) is 24.0 Å². The predicted octanol–water partition coefficient (Wildman–Crippen LogP) is 1.50. The number of rotatable bonds is 6. The first-order valence-electron chi connectivity index (χ1n) is 10.9. The smallest absolute Gasteiger partial charge is 0.269 e. The van der Waals surface area contributed by atoms with Crippen molar-refractivity contribution in [2.75, 3.05) is 49.6 Å². The van der Waals surface area contributed by atoms with Crippen molar-refractivity contribution in [1.29, 1.82) is 0 Å². The maximum absolute atomic E-state index is 12.8. The molecule has 0 saturated carbocycles. The highest BCUT2D eigenvalue weighted by molar-refractivity contribution is 5.44. The number of β-amino-alcohol motifs (C(OH)–C–C–N with tert-alkyl or cyclic N) is 1. The van der Waals surface area contributed by atoms with Gasteiger partial charge in [-0.2, -0.15) is 5.10 Å². The molecule has 8 nitrogen and oxygen atoms in total. The summed E-state index contributed by atoms with van der Waals surface area (Å²) >= 11 is 0. The summed E-state index contributed by atoms with van der Waals surface area (Å²) in [6.07, 6.45) is 6.16. The van der Waals surface area contributed by atoms with Gasteiger partial charge in [-0.3, -0.25) is 9.69 Å². The van der Waals surface area contributed by atoms with E-state index in [2.05, 4.69) is 38.9 Å². The van der Waals surface area contributed by atoms with E-state index in [4.69, 9.17) is 0 Å². The molecule has 8 heteroatoms. The highest BCUT2D eigenvalue weighted by Gasteiger charge is 2.25. The second kappa shape index (κ2) is 9.14. The molecule has 30 heavy (non-hydrogen) atoms. The van der Waals surface area contributed by atoms with Gasteiger partial charge in [-0.1, -0.05) is 6.07 Å². The fourth-order valence-corrected chi connectivity index (χ4v) is 4.36. The van der Waals surface area contributed by atoms with Crippen LogP contribution in [0.25, 0.3) is 0 Å². The van der Waals surface area contributed by atoms with Gasteiger partial charge in [0.25, 0.3) is 5.56 Å². The van der Waals surface area contributed by atoms with Crippen LogP contribution in [0.3, 0.4) is 0 Å². The van der Waals surface area contributed by atoms with E-state index < -0.39 is 0 Å². The van der Waals surface area contributed by atoms with Crippen LogP contribution in [0.5, 0.6) is 0 Å². The molecule has 4 heterocycles. The van der Waals surface area contributed by atoms with Crippen molar-refractivity contribution in [3.63, 3.8) is 0 Å². The van der Waals surface area contributed by atoms with Crippen LogP contribution in [0.2, 0.25) is 0 Å². The van der Waals surface area contributed by atoms with Crippen LogP contribution in [0.15, 0.2) is 35.4 Å². The van der Waals surface area contributed by atoms with Crippen LogP contribution in [0.4, 0.5) is 11.5 Å². The first-order chi connectivity index (χ1) is 14.5. The summed E-state index contributed by atoms with van der Waals surface area (Å²) in [5, 5.41) is 14.2. The lowest BCUT2D eigenvalue weighted by molar-refractivity contribution is 0.160. The van der Waals surface area contributed by atoms with Crippen LogP contribution in [-0.2, 0) is 6.54 Å². The summed E-state index contributed by atoms with van der Waals surface area (Å²) in [6.45, 7) is 7.04. The third kappa shape index (κ3) is 4.65. The van der Waals surface area contributed by atoms with Crippen molar-refractivity contribution in [2.24, 2.45) is 0 Å². The van der Waals surface area contributed by atoms with E-state index in [1.807, 2.05) is 18.1 Å². The van der Waals surface area contributed by atoms with Crippen molar-refractivity contribution in [2.45, 2.75) is 44.9 Å². The van der Waals surface area contributed by atoms with Crippen molar-refractivity contribution in [3.8, 4) is 0 Å². The highest BCUT2D eigenvalue weighted by atomic mass is 16.3. The van der Waals surface area contributed by atoms with Crippen molar-refractivity contribution < 1.29 is 5.11 Å². The molecule has 162 valence electrons. The molecule has 1 N–H and O–H groups in total. The molecule has 0 unspecified atom stereocenters. The molecule has 2 saturated heterocycles. The second-order valence-electron chi connectivity index (χ2n) is 8.46. The Morgan fingerprint density at radius 1 is 1.20 bits per heavy atom. The van der Waals surface area contributed by atoms with Crippen LogP contribution in [0, 0.1) is 0 Å². The SMILES string of the molecule is CCN(C)c1ccc(CN2CCC[C@@H](n3ncc(N4CC[C@H](O)C4)cc3=O)C2)cn1. The number of nitrogens with zero attached hydrogens (tertiary/aromatic N) is 6. The predicted molar refractivity (Wildman–Crippen MR) is 118 cm³/mol. The Morgan fingerprint density at radius 3 is 2.73 bits per heavy atom. The Labute approximate surface area is 177 Å². The Morgan fingerprint density at radius 2 is 2.07 bits per heavy atom. The lowest BCUT2D eigenvalue weighted by Gasteiger charge is -2.33. The molecular formula is C22H32N6O2. The summed E-state index contributed by atoms with van der Waals surface area (Å²) in [5.74, 6) is 0.985. The van der Waals surface area contributed by atoms with Gasteiger partial charge in [0, 0.05) is 52.0 Å². The number of aromatic nitrogens is 3. The Hall–Kier alpha value is -2.45. The van der Waals surface area contributed by atoms with E-state index >= 15 is 0 Å². The quantitative estimate of drug-likeness (QED) is 0.770. The highest BCUT2D eigenvalue weighted by Crippen LogP contribution is 2.23. The third-order valence-corrected chi connectivity index (χ3v) is 6.25. The molecule has 0 spiro atoms. The average Bonchev–Trinajstić information content (AvgIpc) is 3.20.